The first-order chi connectivity index (χ1) is 5.41. The monoisotopic (exact) mass is 169 g/mol. The van der Waals surface area contributed by atoms with Crippen molar-refractivity contribution in [2.75, 3.05) is 0 Å². The van der Waals surface area contributed by atoms with E-state index >= 15 is 0 Å². The number of carbonyl (C=O) groups excluding carboxylic acids is 2. The van der Waals surface area contributed by atoms with Crippen LogP contribution >= 0.6 is 0 Å². The van der Waals surface area contributed by atoms with E-state index in [-0.39, 0.29) is 17.7 Å². The molecule has 0 aromatic heterocycles. The summed E-state index contributed by atoms with van der Waals surface area (Å²) in [5.74, 6) is 0.119. The summed E-state index contributed by atoms with van der Waals surface area (Å²) in [5, 5.41) is 2.72. The van der Waals surface area contributed by atoms with Gasteiger partial charge in [-0.2, -0.15) is 0 Å². The number of rotatable bonds is 1. The van der Waals surface area contributed by atoms with Crippen molar-refractivity contribution in [1.82, 2.24) is 5.32 Å². The fourth-order valence-corrected chi connectivity index (χ4v) is 0.934. The second kappa shape index (κ2) is 2.88. The van der Waals surface area contributed by atoms with Crippen molar-refractivity contribution in [3.05, 3.63) is 0 Å². The Balaban J connectivity index is 2.42. The van der Waals surface area contributed by atoms with Crippen molar-refractivity contribution in [2.45, 2.75) is 39.7 Å². The van der Waals surface area contributed by atoms with Crippen LogP contribution < -0.4 is 5.32 Å². The van der Waals surface area contributed by atoms with Gasteiger partial charge in [0, 0.05) is 11.8 Å². The predicted octanol–water partition coefficient (Wildman–Crippen LogP) is 0.880. The van der Waals surface area contributed by atoms with Crippen molar-refractivity contribution in [1.29, 1.82) is 0 Å². The molecule has 0 aliphatic heterocycles. The van der Waals surface area contributed by atoms with Crippen LogP contribution in [0, 0.1) is 5.41 Å². The van der Waals surface area contributed by atoms with E-state index < -0.39 is 5.41 Å². The summed E-state index contributed by atoms with van der Waals surface area (Å²) in [5.41, 5.74) is -0.393. The molecule has 0 radical (unpaired) electrons. The van der Waals surface area contributed by atoms with E-state index in [1.54, 1.807) is 0 Å². The number of hydrogen-bond donors (Lipinski definition) is 1. The van der Waals surface area contributed by atoms with Crippen LogP contribution in [0.1, 0.15) is 33.6 Å². The van der Waals surface area contributed by atoms with Gasteiger partial charge >= 0.3 is 0 Å². The van der Waals surface area contributed by atoms with Gasteiger partial charge in [0.15, 0.2) is 5.78 Å². The Morgan fingerprint density at radius 3 is 2.33 bits per heavy atom. The van der Waals surface area contributed by atoms with Crippen LogP contribution in [0.3, 0.4) is 0 Å². The van der Waals surface area contributed by atoms with Gasteiger partial charge in [0.1, 0.15) is 0 Å². The molecule has 1 atom stereocenters. The highest BCUT2D eigenvalue weighted by molar-refractivity contribution is 5.94. The summed E-state index contributed by atoms with van der Waals surface area (Å²) in [6.07, 6.45) is 1.43. The minimum atomic E-state index is -0.393. The average Bonchev–Trinajstić information content (AvgIpc) is 1.95. The molecule has 0 aromatic rings. The third-order valence-electron chi connectivity index (χ3n) is 2.05. The maximum absolute atomic E-state index is 11.4. The zero-order valence-electron chi connectivity index (χ0n) is 7.81. The molecule has 1 N–H and O–H groups in total. The summed E-state index contributed by atoms with van der Waals surface area (Å²) >= 11 is 0. The first kappa shape index (κ1) is 9.23. The number of amides is 1. The second-order valence-corrected chi connectivity index (χ2v) is 4.28. The minimum absolute atomic E-state index is 0.0412. The topological polar surface area (TPSA) is 46.2 Å². The third kappa shape index (κ3) is 1.84. The summed E-state index contributed by atoms with van der Waals surface area (Å²) in [7, 11) is 0. The zero-order valence-corrected chi connectivity index (χ0v) is 7.81. The fraction of sp³-hybridized carbons (Fsp3) is 0.778. The standard InChI is InChI=1S/C9H15NO2/c1-9(2,3)8(12)10-6-4-5-7(6)11/h6H,4-5H2,1-3H3,(H,10,12)/t6-/m0/s1. The maximum atomic E-state index is 11.4. The first-order valence-electron chi connectivity index (χ1n) is 4.25. The molecular weight excluding hydrogens is 154 g/mol. The molecule has 0 spiro atoms. The Bertz CT molecular complexity index is 215. The second-order valence-electron chi connectivity index (χ2n) is 4.28. The number of Topliss-reactive ketones (excluding diaryl/α,β-unsaturated/α-hetero) is 1. The summed E-state index contributed by atoms with van der Waals surface area (Å²) < 4.78 is 0. The minimum Gasteiger partial charge on any atom is -0.346 e. The maximum Gasteiger partial charge on any atom is 0.225 e. The third-order valence-corrected chi connectivity index (χ3v) is 2.05. The Labute approximate surface area is 72.5 Å². The lowest BCUT2D eigenvalue weighted by molar-refractivity contribution is -0.135. The Morgan fingerprint density at radius 1 is 1.50 bits per heavy atom. The molecule has 1 amide bonds. The van der Waals surface area contributed by atoms with Gasteiger partial charge in [0.05, 0.1) is 6.04 Å². The van der Waals surface area contributed by atoms with E-state index in [4.69, 9.17) is 0 Å². The largest absolute Gasteiger partial charge is 0.346 e. The highest BCUT2D eigenvalue weighted by atomic mass is 16.2. The lowest BCUT2D eigenvalue weighted by Gasteiger charge is -2.28. The molecule has 68 valence electrons. The molecule has 0 bridgehead atoms. The summed E-state index contributed by atoms with van der Waals surface area (Å²) in [4.78, 5) is 22.2. The van der Waals surface area contributed by atoms with Gasteiger partial charge < -0.3 is 5.32 Å². The lowest BCUT2D eigenvalue weighted by Crippen LogP contribution is -2.50. The van der Waals surface area contributed by atoms with Crippen LogP contribution in [0.4, 0.5) is 0 Å². The molecule has 0 aromatic carbocycles. The van der Waals surface area contributed by atoms with Crippen molar-refractivity contribution in [3.63, 3.8) is 0 Å². The molecule has 1 aliphatic rings. The molecule has 3 heteroatoms. The van der Waals surface area contributed by atoms with Gasteiger partial charge in [0.2, 0.25) is 5.91 Å². The number of ketones is 1. The van der Waals surface area contributed by atoms with Gasteiger partial charge in [0.25, 0.3) is 0 Å². The number of nitrogens with one attached hydrogen (secondary N) is 1. The van der Waals surface area contributed by atoms with E-state index in [1.165, 1.54) is 0 Å². The average molecular weight is 169 g/mol. The zero-order chi connectivity index (χ0) is 9.35. The van der Waals surface area contributed by atoms with Gasteiger partial charge in [-0.25, -0.2) is 0 Å². The molecule has 1 saturated carbocycles. The smallest absolute Gasteiger partial charge is 0.225 e. The van der Waals surface area contributed by atoms with Gasteiger partial charge in [-0.05, 0) is 6.42 Å². The van der Waals surface area contributed by atoms with Crippen LogP contribution in [-0.4, -0.2) is 17.7 Å². The molecule has 0 heterocycles. The molecule has 1 rings (SSSR count). The molecule has 0 saturated heterocycles. The van der Waals surface area contributed by atoms with Crippen LogP contribution in [0.15, 0.2) is 0 Å². The van der Waals surface area contributed by atoms with E-state index in [2.05, 4.69) is 5.32 Å². The Kier molecular flexibility index (Phi) is 2.22. The van der Waals surface area contributed by atoms with Gasteiger partial charge in [-0.3, -0.25) is 9.59 Å². The molecule has 1 aliphatic carbocycles. The van der Waals surface area contributed by atoms with E-state index in [0.29, 0.717) is 6.42 Å². The van der Waals surface area contributed by atoms with E-state index in [1.807, 2.05) is 20.8 Å². The molecule has 3 nitrogen and oxygen atoms in total. The Hall–Kier alpha value is -0.860. The first-order valence-corrected chi connectivity index (χ1v) is 4.25. The highest BCUT2D eigenvalue weighted by Gasteiger charge is 2.32. The van der Waals surface area contributed by atoms with Crippen LogP contribution in [0.5, 0.6) is 0 Å². The molecule has 1 fully saturated rings. The lowest BCUT2D eigenvalue weighted by atomic mass is 9.88. The predicted molar refractivity (Wildman–Crippen MR) is 45.6 cm³/mol. The quantitative estimate of drug-likeness (QED) is 0.633. The highest BCUT2D eigenvalue weighted by Crippen LogP contribution is 2.18. The van der Waals surface area contributed by atoms with Crippen molar-refractivity contribution in [3.8, 4) is 0 Å². The van der Waals surface area contributed by atoms with Crippen LogP contribution in [-0.2, 0) is 9.59 Å². The van der Waals surface area contributed by atoms with Crippen LogP contribution in [0.25, 0.3) is 0 Å². The molecular formula is C9H15NO2. The molecule has 12 heavy (non-hydrogen) atoms. The SMILES string of the molecule is CC(C)(C)C(=O)N[C@H]1CCC1=O. The number of hydrogen-bond acceptors (Lipinski definition) is 2. The fourth-order valence-electron chi connectivity index (χ4n) is 0.934. The van der Waals surface area contributed by atoms with E-state index in [9.17, 15) is 9.59 Å². The van der Waals surface area contributed by atoms with Gasteiger partial charge in [-0.15, -0.1) is 0 Å². The van der Waals surface area contributed by atoms with Crippen LogP contribution in [0.2, 0.25) is 0 Å². The Morgan fingerprint density at radius 2 is 2.08 bits per heavy atom. The van der Waals surface area contributed by atoms with Gasteiger partial charge in [-0.1, -0.05) is 20.8 Å². The summed E-state index contributed by atoms with van der Waals surface area (Å²) in [6, 6.07) is -0.197. The van der Waals surface area contributed by atoms with Crippen molar-refractivity contribution >= 4 is 11.7 Å². The van der Waals surface area contributed by atoms with E-state index in [0.717, 1.165) is 6.42 Å². The molecule has 0 unspecified atom stereocenters. The van der Waals surface area contributed by atoms with Crippen molar-refractivity contribution < 1.29 is 9.59 Å². The number of carbonyl (C=O) groups is 2. The summed E-state index contributed by atoms with van der Waals surface area (Å²) in [6.45, 7) is 5.52. The van der Waals surface area contributed by atoms with Crippen molar-refractivity contribution in [2.24, 2.45) is 5.41 Å². The normalized spacial score (nSPS) is 23.2.